The van der Waals surface area contributed by atoms with Gasteiger partial charge >= 0.3 is 0 Å². The Bertz CT molecular complexity index is 1800. The zero-order valence-electron chi connectivity index (χ0n) is 23.7. The molecule has 0 saturated heterocycles. The third-order valence-corrected chi connectivity index (χ3v) is 9.59. The predicted molar refractivity (Wildman–Crippen MR) is 180 cm³/mol. The zero-order chi connectivity index (χ0) is 29.9. The van der Waals surface area contributed by atoms with Gasteiger partial charge in [-0.1, -0.05) is 86.5 Å². The maximum absolute atomic E-state index is 14.0. The number of hydrazone groups is 1. The lowest BCUT2D eigenvalue weighted by Crippen LogP contribution is -2.28. The van der Waals surface area contributed by atoms with Gasteiger partial charge in [0.25, 0.3) is 5.91 Å². The molecule has 2 heterocycles. The number of rotatable bonds is 9. The van der Waals surface area contributed by atoms with Crippen LogP contribution in [0.25, 0.3) is 10.9 Å². The summed E-state index contributed by atoms with van der Waals surface area (Å²) in [5.41, 5.74) is 5.04. The Balaban J connectivity index is 1.29. The number of ether oxygens (including phenoxy) is 2. The van der Waals surface area contributed by atoms with Crippen molar-refractivity contribution in [2.45, 2.75) is 23.9 Å². The first-order chi connectivity index (χ1) is 20.9. The summed E-state index contributed by atoms with van der Waals surface area (Å²) in [6, 6.07) is 30.1. The van der Waals surface area contributed by atoms with Crippen LogP contribution in [0.2, 0.25) is 0 Å². The number of fused-ring (bicyclic) bond motifs is 1. The highest BCUT2D eigenvalue weighted by Gasteiger charge is 2.35. The number of thioether (sulfide) groups is 1. The van der Waals surface area contributed by atoms with E-state index in [0.29, 0.717) is 17.9 Å². The molecule has 6 rings (SSSR count). The molecular weight excluding hydrogens is 690 g/mol. The van der Waals surface area contributed by atoms with Crippen LogP contribution in [0.3, 0.4) is 0 Å². The molecule has 0 spiro atoms. The van der Waals surface area contributed by atoms with Gasteiger partial charge in [0.2, 0.25) is 0 Å². The fourth-order valence-electron chi connectivity index (χ4n) is 5.42. The van der Waals surface area contributed by atoms with E-state index < -0.39 is 0 Å². The number of halogens is 2. The monoisotopic (exact) mass is 717 g/mol. The molecule has 0 aliphatic carbocycles. The molecule has 218 valence electrons. The number of hydrogen-bond acceptors (Lipinski definition) is 5. The molecule has 0 radical (unpaired) electrons. The molecule has 1 amide bonds. The average molecular weight is 719 g/mol. The third-order valence-electron chi connectivity index (χ3n) is 7.51. The number of carbonyl (C=O) groups is 1. The maximum atomic E-state index is 14.0. The Hall–Kier alpha value is -3.53. The number of methoxy groups -OCH3 is 2. The van der Waals surface area contributed by atoms with E-state index in [-0.39, 0.29) is 17.7 Å². The van der Waals surface area contributed by atoms with E-state index in [4.69, 9.17) is 14.6 Å². The fraction of sp³-hybridized carbons (Fsp3) is 0.176. The van der Waals surface area contributed by atoms with Crippen molar-refractivity contribution >= 4 is 66.1 Å². The van der Waals surface area contributed by atoms with Gasteiger partial charge in [0.1, 0.15) is 0 Å². The van der Waals surface area contributed by atoms with Crippen molar-refractivity contribution in [3.63, 3.8) is 0 Å². The van der Waals surface area contributed by atoms with E-state index in [0.717, 1.165) is 48.1 Å². The second-order valence-electron chi connectivity index (χ2n) is 10.1. The lowest BCUT2D eigenvalue weighted by Gasteiger charge is -2.24. The molecule has 0 N–H and O–H groups in total. The molecule has 4 aromatic carbocycles. The Kier molecular flexibility index (Phi) is 8.93. The van der Waals surface area contributed by atoms with Gasteiger partial charge in [-0.05, 0) is 47.5 Å². The second kappa shape index (κ2) is 13.0. The van der Waals surface area contributed by atoms with Gasteiger partial charge in [-0.3, -0.25) is 4.79 Å². The summed E-state index contributed by atoms with van der Waals surface area (Å²) in [6.45, 7) is 0.743. The van der Waals surface area contributed by atoms with Gasteiger partial charge in [0.05, 0.1) is 31.7 Å². The molecule has 6 nitrogen and oxygen atoms in total. The minimum absolute atomic E-state index is 0.0725. The summed E-state index contributed by atoms with van der Waals surface area (Å²) in [7, 11) is 3.24. The topological polar surface area (TPSA) is 56.1 Å². The summed E-state index contributed by atoms with van der Waals surface area (Å²) in [4.78, 5) is 15.0. The van der Waals surface area contributed by atoms with Gasteiger partial charge in [-0.2, -0.15) is 5.10 Å². The van der Waals surface area contributed by atoms with Crippen LogP contribution in [0.5, 0.6) is 11.5 Å². The molecule has 0 fully saturated rings. The maximum Gasteiger partial charge on any atom is 0.253 e. The molecule has 1 unspecified atom stereocenters. The van der Waals surface area contributed by atoms with E-state index in [1.807, 2.05) is 48.5 Å². The molecule has 1 aliphatic heterocycles. The molecule has 0 bridgehead atoms. The van der Waals surface area contributed by atoms with Crippen LogP contribution < -0.4 is 9.47 Å². The van der Waals surface area contributed by atoms with Gasteiger partial charge in [0, 0.05) is 49.5 Å². The van der Waals surface area contributed by atoms with Crippen molar-refractivity contribution in [2.24, 2.45) is 5.10 Å². The van der Waals surface area contributed by atoms with E-state index >= 15 is 0 Å². The minimum Gasteiger partial charge on any atom is -0.493 e. The SMILES string of the molecule is COc1cccc(C2CC(c3ccc(Br)cc3)=NN2C(=O)CSc2cn(Cc3ccc(Br)cc3)c3ccccc23)c1OC. The molecule has 1 aromatic heterocycles. The highest BCUT2D eigenvalue weighted by Crippen LogP contribution is 2.42. The Labute approximate surface area is 271 Å². The first-order valence-electron chi connectivity index (χ1n) is 13.8. The number of nitrogens with zero attached hydrogens (tertiary/aromatic N) is 3. The lowest BCUT2D eigenvalue weighted by atomic mass is 9.97. The second-order valence-corrected chi connectivity index (χ2v) is 13.0. The van der Waals surface area contributed by atoms with Crippen molar-refractivity contribution in [3.8, 4) is 11.5 Å². The van der Waals surface area contributed by atoms with Crippen LogP contribution in [-0.2, 0) is 11.3 Å². The highest BCUT2D eigenvalue weighted by molar-refractivity contribution is 9.10. The standard InChI is InChI=1S/C34H29Br2N3O3S/c1-41-31-9-5-7-27(34(31)42-2)30-18-28(23-12-16-25(36)17-13-23)37-39(30)33(40)21-43-32-20-38(29-8-4-3-6-26(29)32)19-22-10-14-24(35)15-11-22/h3-17,20,30H,18-19,21H2,1-2H3. The average Bonchev–Trinajstić information content (AvgIpc) is 3.63. The highest BCUT2D eigenvalue weighted by atomic mass is 79.9. The lowest BCUT2D eigenvalue weighted by molar-refractivity contribution is -0.130. The quantitative estimate of drug-likeness (QED) is 0.143. The molecule has 1 atom stereocenters. The number of hydrogen-bond donors (Lipinski definition) is 0. The third kappa shape index (κ3) is 6.25. The van der Waals surface area contributed by atoms with E-state index in [1.165, 1.54) is 5.56 Å². The summed E-state index contributed by atoms with van der Waals surface area (Å²) in [5, 5.41) is 7.64. The van der Waals surface area contributed by atoms with Crippen LogP contribution in [-0.4, -0.2) is 41.2 Å². The molecule has 5 aromatic rings. The van der Waals surface area contributed by atoms with E-state index in [9.17, 15) is 4.79 Å². The first-order valence-corrected chi connectivity index (χ1v) is 16.3. The summed E-state index contributed by atoms with van der Waals surface area (Å²) < 4.78 is 15.6. The normalized spacial score (nSPS) is 14.7. The Morgan fingerprint density at radius 3 is 2.35 bits per heavy atom. The molecule has 9 heteroatoms. The smallest absolute Gasteiger partial charge is 0.253 e. The predicted octanol–water partition coefficient (Wildman–Crippen LogP) is 8.70. The number of carbonyl (C=O) groups excluding carboxylic acids is 1. The van der Waals surface area contributed by atoms with Crippen molar-refractivity contribution in [1.82, 2.24) is 9.58 Å². The van der Waals surface area contributed by atoms with E-state index in [2.05, 4.69) is 85.1 Å². The molecule has 43 heavy (non-hydrogen) atoms. The van der Waals surface area contributed by atoms with Crippen molar-refractivity contribution in [1.29, 1.82) is 0 Å². The van der Waals surface area contributed by atoms with Crippen LogP contribution in [0.4, 0.5) is 0 Å². The summed E-state index contributed by atoms with van der Waals surface area (Å²) in [6.07, 6.45) is 2.71. The Morgan fingerprint density at radius 1 is 0.907 bits per heavy atom. The van der Waals surface area contributed by atoms with Crippen molar-refractivity contribution in [2.75, 3.05) is 20.0 Å². The van der Waals surface area contributed by atoms with Crippen molar-refractivity contribution in [3.05, 3.63) is 123 Å². The minimum atomic E-state index is -0.324. The number of benzene rings is 4. The van der Waals surface area contributed by atoms with Crippen LogP contribution in [0.15, 0.2) is 116 Å². The van der Waals surface area contributed by atoms with Crippen molar-refractivity contribution < 1.29 is 14.3 Å². The van der Waals surface area contributed by atoms with Gasteiger partial charge in [-0.25, -0.2) is 5.01 Å². The zero-order valence-corrected chi connectivity index (χ0v) is 27.7. The molecule has 0 saturated carbocycles. The van der Waals surface area contributed by atoms with Gasteiger partial charge in [-0.15, -0.1) is 11.8 Å². The fourth-order valence-corrected chi connectivity index (χ4v) is 6.89. The van der Waals surface area contributed by atoms with Gasteiger partial charge in [0.15, 0.2) is 11.5 Å². The van der Waals surface area contributed by atoms with Crippen LogP contribution in [0, 0.1) is 0 Å². The largest absolute Gasteiger partial charge is 0.493 e. The molecule has 1 aliphatic rings. The first kappa shape index (κ1) is 29.5. The van der Waals surface area contributed by atoms with Crippen LogP contribution in [0.1, 0.15) is 29.2 Å². The number of para-hydroxylation sites is 2. The number of amides is 1. The van der Waals surface area contributed by atoms with E-state index in [1.54, 1.807) is 31.0 Å². The number of aromatic nitrogens is 1. The summed E-state index contributed by atoms with van der Waals surface area (Å²) >= 11 is 8.58. The van der Waals surface area contributed by atoms with Gasteiger partial charge < -0.3 is 14.0 Å². The Morgan fingerprint density at radius 2 is 1.63 bits per heavy atom. The summed E-state index contributed by atoms with van der Waals surface area (Å²) in [5.74, 6) is 1.41. The van der Waals surface area contributed by atoms with Crippen LogP contribution >= 0.6 is 43.6 Å². The molecular formula is C34H29Br2N3O3S.